The number of hydrogen-bond donors (Lipinski definition) is 2. The van der Waals surface area contributed by atoms with E-state index in [-0.39, 0.29) is 23.8 Å². The molecule has 1 saturated heterocycles. The zero-order valence-electron chi connectivity index (χ0n) is 16.9. The summed E-state index contributed by atoms with van der Waals surface area (Å²) in [5, 5.41) is 10.3. The van der Waals surface area contributed by atoms with E-state index in [9.17, 15) is 9.59 Å². The van der Waals surface area contributed by atoms with Crippen LogP contribution in [0.25, 0.3) is 0 Å². The Bertz CT molecular complexity index is 844. The van der Waals surface area contributed by atoms with Gasteiger partial charge in [-0.3, -0.25) is 14.7 Å². The fraction of sp³-hybridized carbons (Fsp3) is 0.545. The molecular weight excluding hydrogens is 366 g/mol. The number of carbonyl (C=O) groups is 2. The Morgan fingerprint density at radius 3 is 2.59 bits per heavy atom. The standard InChI is InChI=1S/C22H29N5O2/c1-15-23-21(26-25-15)18-13-27(20(28)12-16-8-4-2-5-9-16)14-19(18)24-22(29)17-10-6-3-7-11-17/h3,6-7,10-11,16,18-19H,2,4-5,8-9,12-14H2,1H3,(H,24,29)(H,23,25,26)/t18-,19-/m1/s1. The Morgan fingerprint density at radius 1 is 1.14 bits per heavy atom. The van der Waals surface area contributed by atoms with Crippen LogP contribution in [0.3, 0.4) is 0 Å². The summed E-state index contributed by atoms with van der Waals surface area (Å²) in [6, 6.07) is 8.97. The number of carbonyl (C=O) groups excluding carboxylic acids is 2. The molecule has 1 aromatic carbocycles. The van der Waals surface area contributed by atoms with Crippen LogP contribution >= 0.6 is 0 Å². The zero-order chi connectivity index (χ0) is 20.2. The van der Waals surface area contributed by atoms with Crippen molar-refractivity contribution in [2.75, 3.05) is 13.1 Å². The molecule has 0 radical (unpaired) electrons. The topological polar surface area (TPSA) is 91.0 Å². The zero-order valence-corrected chi connectivity index (χ0v) is 16.9. The molecule has 1 saturated carbocycles. The van der Waals surface area contributed by atoms with Crippen molar-refractivity contribution in [1.82, 2.24) is 25.4 Å². The minimum Gasteiger partial charge on any atom is -0.347 e. The van der Waals surface area contributed by atoms with Crippen molar-refractivity contribution in [2.24, 2.45) is 5.92 Å². The first-order valence-electron chi connectivity index (χ1n) is 10.6. The smallest absolute Gasteiger partial charge is 0.251 e. The van der Waals surface area contributed by atoms with Gasteiger partial charge in [0.05, 0.1) is 12.0 Å². The first-order chi connectivity index (χ1) is 14.1. The second kappa shape index (κ2) is 8.76. The minimum absolute atomic E-state index is 0.108. The van der Waals surface area contributed by atoms with Crippen LogP contribution < -0.4 is 5.32 Å². The van der Waals surface area contributed by atoms with E-state index in [1.165, 1.54) is 19.3 Å². The monoisotopic (exact) mass is 395 g/mol. The average molecular weight is 396 g/mol. The van der Waals surface area contributed by atoms with E-state index >= 15 is 0 Å². The molecule has 2 fully saturated rings. The summed E-state index contributed by atoms with van der Waals surface area (Å²) in [4.78, 5) is 32.0. The molecule has 0 unspecified atom stereocenters. The number of likely N-dealkylation sites (tertiary alicyclic amines) is 1. The number of benzene rings is 1. The number of rotatable bonds is 5. The van der Waals surface area contributed by atoms with Gasteiger partial charge in [-0.2, -0.15) is 5.10 Å². The van der Waals surface area contributed by atoms with Gasteiger partial charge in [-0.25, -0.2) is 4.98 Å². The van der Waals surface area contributed by atoms with Gasteiger partial charge in [0, 0.05) is 25.1 Å². The molecule has 1 aromatic heterocycles. The van der Waals surface area contributed by atoms with Gasteiger partial charge in [0.2, 0.25) is 5.91 Å². The van der Waals surface area contributed by atoms with Gasteiger partial charge in [-0.05, 0) is 37.8 Å². The molecule has 2 aromatic rings. The van der Waals surface area contributed by atoms with Crippen LogP contribution in [0.15, 0.2) is 30.3 Å². The van der Waals surface area contributed by atoms with E-state index in [0.29, 0.717) is 36.8 Å². The fourth-order valence-corrected chi connectivity index (χ4v) is 4.55. The molecule has 0 spiro atoms. The second-order valence-corrected chi connectivity index (χ2v) is 8.34. The molecule has 1 aliphatic carbocycles. The van der Waals surface area contributed by atoms with Crippen molar-refractivity contribution < 1.29 is 9.59 Å². The maximum atomic E-state index is 13.0. The number of amides is 2. The summed E-state index contributed by atoms with van der Waals surface area (Å²) in [5.74, 6) is 1.84. The highest BCUT2D eigenvalue weighted by molar-refractivity contribution is 5.94. The Hall–Kier alpha value is -2.70. The highest BCUT2D eigenvalue weighted by Crippen LogP contribution is 2.30. The Balaban J connectivity index is 1.47. The molecule has 1 aliphatic heterocycles. The first kappa shape index (κ1) is 19.6. The molecule has 2 atom stereocenters. The normalized spacial score (nSPS) is 22.6. The lowest BCUT2D eigenvalue weighted by Crippen LogP contribution is -2.40. The number of aromatic nitrogens is 3. The maximum Gasteiger partial charge on any atom is 0.251 e. The van der Waals surface area contributed by atoms with Crippen LogP contribution in [-0.2, 0) is 4.79 Å². The second-order valence-electron chi connectivity index (χ2n) is 8.34. The van der Waals surface area contributed by atoms with E-state index in [1.54, 1.807) is 12.1 Å². The predicted octanol–water partition coefficient (Wildman–Crippen LogP) is 2.81. The number of hydrogen-bond acceptors (Lipinski definition) is 4. The van der Waals surface area contributed by atoms with Gasteiger partial charge in [-0.1, -0.05) is 37.5 Å². The van der Waals surface area contributed by atoms with Gasteiger partial charge >= 0.3 is 0 Å². The van der Waals surface area contributed by atoms with Gasteiger partial charge < -0.3 is 10.2 Å². The molecule has 0 bridgehead atoms. The molecule has 2 amide bonds. The van der Waals surface area contributed by atoms with Crippen LogP contribution in [0.5, 0.6) is 0 Å². The molecule has 154 valence electrons. The van der Waals surface area contributed by atoms with Crippen molar-refractivity contribution >= 4 is 11.8 Å². The molecule has 2 N–H and O–H groups in total. The van der Waals surface area contributed by atoms with Crippen molar-refractivity contribution in [1.29, 1.82) is 0 Å². The summed E-state index contributed by atoms with van der Waals surface area (Å²) in [6.07, 6.45) is 6.65. The van der Waals surface area contributed by atoms with E-state index in [1.807, 2.05) is 30.0 Å². The Kier molecular flexibility index (Phi) is 5.92. The van der Waals surface area contributed by atoms with Crippen molar-refractivity contribution in [3.8, 4) is 0 Å². The van der Waals surface area contributed by atoms with Gasteiger partial charge in [0.1, 0.15) is 5.82 Å². The highest BCUT2D eigenvalue weighted by Gasteiger charge is 2.39. The fourth-order valence-electron chi connectivity index (χ4n) is 4.55. The van der Waals surface area contributed by atoms with Gasteiger partial charge in [0.25, 0.3) is 5.91 Å². The van der Waals surface area contributed by atoms with Crippen LogP contribution in [0.4, 0.5) is 0 Å². The molecule has 7 heteroatoms. The maximum absolute atomic E-state index is 13.0. The van der Waals surface area contributed by atoms with Gasteiger partial charge in [0.15, 0.2) is 5.82 Å². The lowest BCUT2D eigenvalue weighted by Gasteiger charge is -2.24. The number of nitrogens with one attached hydrogen (secondary N) is 2. The third kappa shape index (κ3) is 4.66. The van der Waals surface area contributed by atoms with E-state index in [2.05, 4.69) is 20.5 Å². The summed E-state index contributed by atoms with van der Waals surface area (Å²) >= 11 is 0. The van der Waals surface area contributed by atoms with Crippen molar-refractivity contribution in [3.05, 3.63) is 47.5 Å². The molecule has 2 aliphatic rings. The largest absolute Gasteiger partial charge is 0.347 e. The summed E-state index contributed by atoms with van der Waals surface area (Å²) in [5.41, 5.74) is 0.615. The number of aromatic amines is 1. The Morgan fingerprint density at radius 2 is 1.90 bits per heavy atom. The lowest BCUT2D eigenvalue weighted by atomic mass is 9.87. The molecule has 7 nitrogen and oxygen atoms in total. The quantitative estimate of drug-likeness (QED) is 0.814. The molecule has 29 heavy (non-hydrogen) atoms. The number of nitrogens with zero attached hydrogens (tertiary/aromatic N) is 3. The molecular formula is C22H29N5O2. The average Bonchev–Trinajstić information content (AvgIpc) is 3.35. The van der Waals surface area contributed by atoms with Crippen molar-refractivity contribution in [3.63, 3.8) is 0 Å². The highest BCUT2D eigenvalue weighted by atomic mass is 16.2. The Labute approximate surface area is 171 Å². The van der Waals surface area contributed by atoms with Crippen LogP contribution in [0, 0.1) is 12.8 Å². The van der Waals surface area contributed by atoms with Crippen LogP contribution in [-0.4, -0.2) is 51.0 Å². The summed E-state index contributed by atoms with van der Waals surface area (Å²) in [6.45, 7) is 2.90. The minimum atomic E-state index is -0.201. The first-order valence-corrected chi connectivity index (χ1v) is 10.6. The van der Waals surface area contributed by atoms with Crippen molar-refractivity contribution in [2.45, 2.75) is 57.4 Å². The third-order valence-corrected chi connectivity index (χ3v) is 6.16. The SMILES string of the molecule is Cc1nc([C@@H]2CN(C(=O)CC3CCCCC3)C[C@H]2NC(=O)c2ccccc2)n[nH]1. The van der Waals surface area contributed by atoms with Gasteiger partial charge in [-0.15, -0.1) is 0 Å². The van der Waals surface area contributed by atoms with Crippen LogP contribution in [0.1, 0.15) is 66.4 Å². The third-order valence-electron chi connectivity index (χ3n) is 6.16. The predicted molar refractivity (Wildman–Crippen MR) is 109 cm³/mol. The van der Waals surface area contributed by atoms with E-state index < -0.39 is 0 Å². The van der Waals surface area contributed by atoms with E-state index in [4.69, 9.17) is 0 Å². The van der Waals surface area contributed by atoms with E-state index in [0.717, 1.165) is 18.7 Å². The van der Waals surface area contributed by atoms with Crippen LogP contribution in [0.2, 0.25) is 0 Å². The number of H-pyrrole nitrogens is 1. The summed E-state index contributed by atoms with van der Waals surface area (Å²) in [7, 11) is 0. The lowest BCUT2D eigenvalue weighted by molar-refractivity contribution is -0.131. The molecule has 2 heterocycles. The molecule has 4 rings (SSSR count). The number of aryl methyl sites for hydroxylation is 1. The summed E-state index contributed by atoms with van der Waals surface area (Å²) < 4.78 is 0.